The van der Waals surface area contributed by atoms with Gasteiger partial charge in [-0.05, 0) is 13.6 Å². The average molecular weight is 118 g/mol. The van der Waals surface area contributed by atoms with Crippen LogP contribution in [0.1, 0.15) is 0 Å². The second-order valence-corrected chi connectivity index (χ2v) is 1.84. The number of nitrogens with one attached hydrogen (secondary N) is 1. The smallest absolute Gasteiger partial charge is 0.0483 e. The van der Waals surface area contributed by atoms with Crippen molar-refractivity contribution in [2.45, 2.75) is 0 Å². The van der Waals surface area contributed by atoms with Gasteiger partial charge in [-0.15, -0.1) is 0 Å². The molecule has 4 N–H and O–H groups in total. The molecule has 0 aliphatic rings. The van der Waals surface area contributed by atoms with Crippen molar-refractivity contribution in [3.05, 3.63) is 0 Å². The van der Waals surface area contributed by atoms with Crippen LogP contribution in [0.25, 0.3) is 0 Å². The van der Waals surface area contributed by atoms with Crippen LogP contribution in [-0.4, -0.2) is 31.9 Å². The van der Waals surface area contributed by atoms with Crippen molar-refractivity contribution in [3.8, 4) is 0 Å². The van der Waals surface area contributed by atoms with Gasteiger partial charge < -0.3 is 16.2 Å². The lowest BCUT2D eigenvalue weighted by molar-refractivity contribution is 0.229. The Labute approximate surface area is 49.9 Å². The summed E-state index contributed by atoms with van der Waals surface area (Å²) in [6.45, 7) is 1.53. The lowest BCUT2D eigenvalue weighted by Crippen LogP contribution is -2.28. The van der Waals surface area contributed by atoms with Crippen LogP contribution in [0.4, 0.5) is 0 Å². The fourth-order valence-electron chi connectivity index (χ4n) is 0.511. The van der Waals surface area contributed by atoms with Crippen molar-refractivity contribution in [2.75, 3.05) is 26.7 Å². The minimum absolute atomic E-state index is 0.178. The minimum Gasteiger partial charge on any atom is -0.396 e. The van der Waals surface area contributed by atoms with Gasteiger partial charge in [0, 0.05) is 19.1 Å². The van der Waals surface area contributed by atoms with Crippen LogP contribution in [0.3, 0.4) is 0 Å². The van der Waals surface area contributed by atoms with Crippen LogP contribution in [-0.2, 0) is 0 Å². The number of aliphatic hydroxyl groups excluding tert-OH is 1. The van der Waals surface area contributed by atoms with E-state index in [-0.39, 0.29) is 12.5 Å². The highest BCUT2D eigenvalue weighted by atomic mass is 16.3. The van der Waals surface area contributed by atoms with Gasteiger partial charge in [0.05, 0.1) is 0 Å². The fourth-order valence-corrected chi connectivity index (χ4v) is 0.511. The quantitative estimate of drug-likeness (QED) is 0.433. The van der Waals surface area contributed by atoms with E-state index in [9.17, 15) is 0 Å². The molecule has 0 saturated heterocycles. The zero-order chi connectivity index (χ0) is 6.41. The molecule has 0 aromatic rings. The first-order valence-corrected chi connectivity index (χ1v) is 2.80. The first-order chi connectivity index (χ1) is 3.85. The zero-order valence-electron chi connectivity index (χ0n) is 5.22. The van der Waals surface area contributed by atoms with Gasteiger partial charge in [-0.2, -0.15) is 0 Å². The van der Waals surface area contributed by atoms with Crippen molar-refractivity contribution >= 4 is 0 Å². The van der Waals surface area contributed by atoms with Crippen LogP contribution < -0.4 is 11.1 Å². The van der Waals surface area contributed by atoms with Gasteiger partial charge in [-0.25, -0.2) is 0 Å². The van der Waals surface area contributed by atoms with Gasteiger partial charge >= 0.3 is 0 Å². The average Bonchev–Trinajstić information content (AvgIpc) is 1.83. The summed E-state index contributed by atoms with van der Waals surface area (Å²) in [5.74, 6) is 0.222. The van der Waals surface area contributed by atoms with E-state index < -0.39 is 0 Å². The third-order valence-corrected chi connectivity index (χ3v) is 1.08. The van der Waals surface area contributed by atoms with E-state index in [2.05, 4.69) is 5.32 Å². The molecule has 8 heavy (non-hydrogen) atoms. The summed E-state index contributed by atoms with van der Waals surface area (Å²) >= 11 is 0. The molecule has 50 valence electrons. The molecule has 0 aromatic heterocycles. The molecule has 1 atom stereocenters. The van der Waals surface area contributed by atoms with Crippen LogP contribution in [0.15, 0.2) is 0 Å². The van der Waals surface area contributed by atoms with Gasteiger partial charge in [0.25, 0.3) is 0 Å². The molecule has 3 nitrogen and oxygen atoms in total. The molecule has 0 spiro atoms. The zero-order valence-corrected chi connectivity index (χ0v) is 5.22. The second kappa shape index (κ2) is 5.03. The Morgan fingerprint density at radius 3 is 2.50 bits per heavy atom. The Bertz CT molecular complexity index is 45.7. The topological polar surface area (TPSA) is 58.3 Å². The Morgan fingerprint density at radius 1 is 1.75 bits per heavy atom. The maximum Gasteiger partial charge on any atom is 0.0483 e. The van der Waals surface area contributed by atoms with E-state index >= 15 is 0 Å². The summed E-state index contributed by atoms with van der Waals surface area (Å²) in [4.78, 5) is 0. The van der Waals surface area contributed by atoms with E-state index in [1.807, 2.05) is 7.05 Å². The number of nitrogens with two attached hydrogens (primary N) is 1. The van der Waals surface area contributed by atoms with E-state index in [4.69, 9.17) is 10.8 Å². The molecule has 0 heterocycles. The van der Waals surface area contributed by atoms with Crippen molar-refractivity contribution in [3.63, 3.8) is 0 Å². The molecular weight excluding hydrogens is 104 g/mol. The number of aliphatic hydroxyl groups is 1. The number of hydrogen-bond acceptors (Lipinski definition) is 3. The molecule has 0 fully saturated rings. The Kier molecular flexibility index (Phi) is 4.95. The van der Waals surface area contributed by atoms with Crippen LogP contribution >= 0.6 is 0 Å². The maximum atomic E-state index is 8.54. The summed E-state index contributed by atoms with van der Waals surface area (Å²) in [6, 6.07) is 0. The SMILES string of the molecule is CNCC(CN)CO. The molecule has 0 aromatic carbocycles. The first-order valence-electron chi connectivity index (χ1n) is 2.80. The molecule has 3 heteroatoms. The maximum absolute atomic E-state index is 8.54. The molecule has 0 radical (unpaired) electrons. The van der Waals surface area contributed by atoms with Crippen molar-refractivity contribution in [2.24, 2.45) is 11.7 Å². The molecule has 0 saturated carbocycles. The van der Waals surface area contributed by atoms with Gasteiger partial charge in [0.2, 0.25) is 0 Å². The fraction of sp³-hybridized carbons (Fsp3) is 1.00. The van der Waals surface area contributed by atoms with E-state index in [1.54, 1.807) is 0 Å². The first kappa shape index (κ1) is 7.88. The summed E-state index contributed by atoms with van der Waals surface area (Å²) in [6.07, 6.45) is 0. The molecule has 0 aliphatic carbocycles. The van der Waals surface area contributed by atoms with Crippen molar-refractivity contribution in [1.29, 1.82) is 0 Å². The van der Waals surface area contributed by atoms with E-state index in [0.717, 1.165) is 6.54 Å². The highest BCUT2D eigenvalue weighted by molar-refractivity contribution is 4.58. The van der Waals surface area contributed by atoms with Gasteiger partial charge in [0.1, 0.15) is 0 Å². The highest BCUT2D eigenvalue weighted by Crippen LogP contribution is 1.85. The normalized spacial score (nSPS) is 13.9. The molecule has 0 amide bonds. The summed E-state index contributed by atoms with van der Waals surface area (Å²) in [5.41, 5.74) is 5.27. The molecular formula is C5H14N2O. The van der Waals surface area contributed by atoms with Crippen LogP contribution in [0.5, 0.6) is 0 Å². The lowest BCUT2D eigenvalue weighted by Gasteiger charge is -2.08. The Balaban J connectivity index is 3.07. The van der Waals surface area contributed by atoms with E-state index in [1.165, 1.54) is 0 Å². The Morgan fingerprint density at radius 2 is 2.38 bits per heavy atom. The lowest BCUT2D eigenvalue weighted by atomic mass is 10.2. The van der Waals surface area contributed by atoms with Crippen molar-refractivity contribution < 1.29 is 5.11 Å². The second-order valence-electron chi connectivity index (χ2n) is 1.84. The van der Waals surface area contributed by atoms with Crippen LogP contribution in [0.2, 0.25) is 0 Å². The molecule has 0 bridgehead atoms. The monoisotopic (exact) mass is 118 g/mol. The van der Waals surface area contributed by atoms with E-state index in [0.29, 0.717) is 6.54 Å². The highest BCUT2D eigenvalue weighted by Gasteiger charge is 2.00. The van der Waals surface area contributed by atoms with Gasteiger partial charge in [-0.1, -0.05) is 0 Å². The Hall–Kier alpha value is -0.120. The summed E-state index contributed by atoms with van der Waals surface area (Å²) in [5, 5.41) is 11.5. The minimum atomic E-state index is 0.178. The molecule has 0 rings (SSSR count). The predicted octanol–water partition coefficient (Wildman–Crippen LogP) is -1.23. The van der Waals surface area contributed by atoms with Crippen molar-refractivity contribution in [1.82, 2.24) is 5.32 Å². The molecule has 1 unspecified atom stereocenters. The third-order valence-electron chi connectivity index (χ3n) is 1.08. The van der Waals surface area contributed by atoms with Gasteiger partial charge in [0.15, 0.2) is 0 Å². The standard InChI is InChI=1S/C5H14N2O/c1-7-3-5(2-6)4-8/h5,7-8H,2-4,6H2,1H3. The number of rotatable bonds is 4. The van der Waals surface area contributed by atoms with Crippen LogP contribution in [0, 0.1) is 5.92 Å². The number of hydrogen-bond donors (Lipinski definition) is 3. The third kappa shape index (κ3) is 2.96. The predicted molar refractivity (Wildman–Crippen MR) is 33.6 cm³/mol. The molecule has 0 aliphatic heterocycles. The summed E-state index contributed by atoms with van der Waals surface area (Å²) < 4.78 is 0. The largest absolute Gasteiger partial charge is 0.396 e. The summed E-state index contributed by atoms with van der Waals surface area (Å²) in [7, 11) is 1.85. The van der Waals surface area contributed by atoms with Gasteiger partial charge in [-0.3, -0.25) is 0 Å².